The highest BCUT2D eigenvalue weighted by Gasteiger charge is 2.24. The molecule has 1 aromatic carbocycles. The molecule has 0 amide bonds. The zero-order valence-corrected chi connectivity index (χ0v) is 17.6. The van der Waals surface area contributed by atoms with Crippen molar-refractivity contribution in [3.05, 3.63) is 46.4 Å². The van der Waals surface area contributed by atoms with Crippen molar-refractivity contribution in [2.45, 2.75) is 58.1 Å². The lowest BCUT2D eigenvalue weighted by molar-refractivity contribution is 0.0943. The number of phenols is 1. The van der Waals surface area contributed by atoms with Gasteiger partial charge in [-0.05, 0) is 57.4 Å². The molecule has 0 bridgehead atoms. The van der Waals surface area contributed by atoms with E-state index in [4.69, 9.17) is 0 Å². The Morgan fingerprint density at radius 3 is 2.60 bits per heavy atom. The minimum atomic E-state index is -0.906. The highest BCUT2D eigenvalue weighted by Crippen LogP contribution is 2.33. The molecule has 1 aliphatic rings. The van der Waals surface area contributed by atoms with Crippen LogP contribution in [-0.4, -0.2) is 36.9 Å². The van der Waals surface area contributed by atoms with Crippen LogP contribution in [0, 0.1) is 6.92 Å². The number of anilines is 1. The Bertz CT molecular complexity index is 1140. The summed E-state index contributed by atoms with van der Waals surface area (Å²) in [4.78, 5) is 22.8. The van der Waals surface area contributed by atoms with E-state index in [0.717, 1.165) is 36.8 Å². The molecule has 30 heavy (non-hydrogen) atoms. The minimum Gasteiger partial charge on any atom is -0.508 e. The second-order valence-electron chi connectivity index (χ2n) is 8.76. The largest absolute Gasteiger partial charge is 0.508 e. The molecule has 1 aliphatic carbocycles. The number of aliphatic hydroxyl groups is 1. The van der Waals surface area contributed by atoms with Crippen LogP contribution in [0.1, 0.15) is 51.3 Å². The van der Waals surface area contributed by atoms with E-state index in [0.29, 0.717) is 29.3 Å². The topological polar surface area (TPSA) is 100 Å². The molecule has 0 saturated heterocycles. The number of aromatic hydroxyl groups is 1. The molecule has 2 aromatic heterocycles. The van der Waals surface area contributed by atoms with E-state index in [1.807, 2.05) is 23.6 Å². The number of benzene rings is 1. The van der Waals surface area contributed by atoms with Crippen LogP contribution >= 0.6 is 0 Å². The van der Waals surface area contributed by atoms with Gasteiger partial charge in [0.15, 0.2) is 0 Å². The van der Waals surface area contributed by atoms with E-state index in [9.17, 15) is 15.0 Å². The van der Waals surface area contributed by atoms with Crippen LogP contribution in [0.5, 0.6) is 5.75 Å². The van der Waals surface area contributed by atoms with Crippen molar-refractivity contribution in [1.82, 2.24) is 14.5 Å². The number of nitrogens with one attached hydrogen (secondary N) is 1. The van der Waals surface area contributed by atoms with Gasteiger partial charge in [0.05, 0.1) is 11.3 Å². The monoisotopic (exact) mass is 408 g/mol. The molecule has 3 aromatic rings. The molecule has 7 nitrogen and oxygen atoms in total. The SMILES string of the molecule is Cc1nc(NCC(C)(C)O)nc2c1cc(-c1cccc(O)c1)c(=O)n2C1CCCC1. The Labute approximate surface area is 175 Å². The minimum absolute atomic E-state index is 0.0914. The fraction of sp³-hybridized carbons (Fsp3) is 0.435. The summed E-state index contributed by atoms with van der Waals surface area (Å²) in [5, 5.41) is 23.8. The third-order valence-electron chi connectivity index (χ3n) is 5.61. The van der Waals surface area contributed by atoms with Crippen molar-refractivity contribution in [2.24, 2.45) is 0 Å². The quantitative estimate of drug-likeness (QED) is 0.594. The number of pyridine rings is 1. The molecule has 1 fully saturated rings. The zero-order valence-electron chi connectivity index (χ0n) is 17.6. The molecular formula is C23H28N4O3. The van der Waals surface area contributed by atoms with Crippen molar-refractivity contribution >= 4 is 17.0 Å². The Morgan fingerprint density at radius 2 is 1.93 bits per heavy atom. The normalized spacial score (nSPS) is 15.1. The van der Waals surface area contributed by atoms with Crippen LogP contribution in [0.4, 0.5) is 5.95 Å². The first-order valence-electron chi connectivity index (χ1n) is 10.4. The van der Waals surface area contributed by atoms with Gasteiger partial charge >= 0.3 is 0 Å². The predicted molar refractivity (Wildman–Crippen MR) is 118 cm³/mol. The van der Waals surface area contributed by atoms with Gasteiger partial charge in [0.25, 0.3) is 5.56 Å². The molecule has 0 spiro atoms. The first kappa shape index (κ1) is 20.3. The average Bonchev–Trinajstić information content (AvgIpc) is 3.19. The van der Waals surface area contributed by atoms with Gasteiger partial charge in [-0.25, -0.2) is 4.98 Å². The maximum Gasteiger partial charge on any atom is 0.260 e. The summed E-state index contributed by atoms with van der Waals surface area (Å²) >= 11 is 0. The van der Waals surface area contributed by atoms with Crippen molar-refractivity contribution < 1.29 is 10.2 Å². The number of fused-ring (bicyclic) bond motifs is 1. The van der Waals surface area contributed by atoms with Gasteiger partial charge in [-0.15, -0.1) is 0 Å². The number of phenolic OH excluding ortho intramolecular Hbond substituents is 1. The van der Waals surface area contributed by atoms with Gasteiger partial charge in [0, 0.05) is 23.5 Å². The Hall–Kier alpha value is -2.93. The smallest absolute Gasteiger partial charge is 0.260 e. The maximum absolute atomic E-state index is 13.6. The van der Waals surface area contributed by atoms with Crippen molar-refractivity contribution in [1.29, 1.82) is 0 Å². The van der Waals surface area contributed by atoms with Crippen molar-refractivity contribution in [2.75, 3.05) is 11.9 Å². The van der Waals surface area contributed by atoms with Crippen molar-refractivity contribution in [3.8, 4) is 16.9 Å². The lowest BCUT2D eigenvalue weighted by Crippen LogP contribution is -2.30. The van der Waals surface area contributed by atoms with E-state index in [2.05, 4.69) is 15.3 Å². The first-order chi connectivity index (χ1) is 14.2. The highest BCUT2D eigenvalue weighted by atomic mass is 16.3. The molecule has 3 N–H and O–H groups in total. The number of hydrogen-bond donors (Lipinski definition) is 3. The van der Waals surface area contributed by atoms with E-state index in [1.54, 1.807) is 32.0 Å². The summed E-state index contributed by atoms with van der Waals surface area (Å²) in [5.74, 6) is 0.525. The first-order valence-corrected chi connectivity index (χ1v) is 10.4. The summed E-state index contributed by atoms with van der Waals surface area (Å²) in [6.45, 7) is 5.62. The summed E-state index contributed by atoms with van der Waals surface area (Å²) < 4.78 is 1.81. The van der Waals surface area contributed by atoms with Crippen LogP contribution in [-0.2, 0) is 0 Å². The van der Waals surface area contributed by atoms with Gasteiger partial charge in [-0.3, -0.25) is 9.36 Å². The van der Waals surface area contributed by atoms with E-state index in [-0.39, 0.29) is 17.4 Å². The summed E-state index contributed by atoms with van der Waals surface area (Å²) in [7, 11) is 0. The van der Waals surface area contributed by atoms with Crippen LogP contribution < -0.4 is 10.9 Å². The van der Waals surface area contributed by atoms with E-state index in [1.165, 1.54) is 0 Å². The number of aromatic nitrogens is 3. The molecule has 2 heterocycles. The highest BCUT2D eigenvalue weighted by molar-refractivity contribution is 5.84. The van der Waals surface area contributed by atoms with Gasteiger partial charge in [-0.2, -0.15) is 4.98 Å². The van der Waals surface area contributed by atoms with Crippen LogP contribution in [0.3, 0.4) is 0 Å². The number of rotatable bonds is 5. The molecule has 0 aliphatic heterocycles. The summed E-state index contributed by atoms with van der Waals surface area (Å²) in [6.07, 6.45) is 4.05. The fourth-order valence-electron chi connectivity index (χ4n) is 4.11. The Kier molecular flexibility index (Phi) is 5.24. The Balaban J connectivity index is 1.94. The van der Waals surface area contributed by atoms with Gasteiger partial charge in [-0.1, -0.05) is 25.0 Å². The van der Waals surface area contributed by atoms with Crippen LogP contribution in [0.15, 0.2) is 35.1 Å². The van der Waals surface area contributed by atoms with Crippen LogP contribution in [0.25, 0.3) is 22.2 Å². The third kappa shape index (κ3) is 4.03. The molecule has 0 atom stereocenters. The zero-order chi connectivity index (χ0) is 21.5. The Morgan fingerprint density at radius 1 is 1.20 bits per heavy atom. The second kappa shape index (κ2) is 7.72. The maximum atomic E-state index is 13.6. The van der Waals surface area contributed by atoms with Gasteiger partial charge < -0.3 is 15.5 Å². The molecule has 0 radical (unpaired) electrons. The number of aryl methyl sites for hydroxylation is 1. The predicted octanol–water partition coefficient (Wildman–Crippen LogP) is 3.77. The summed E-state index contributed by atoms with van der Waals surface area (Å²) in [6, 6.07) is 8.69. The number of nitrogens with zero attached hydrogens (tertiary/aromatic N) is 3. The molecule has 4 rings (SSSR count). The third-order valence-corrected chi connectivity index (χ3v) is 5.61. The molecule has 1 saturated carbocycles. The molecule has 7 heteroatoms. The second-order valence-corrected chi connectivity index (χ2v) is 8.76. The van der Waals surface area contributed by atoms with Crippen LogP contribution in [0.2, 0.25) is 0 Å². The van der Waals surface area contributed by atoms with E-state index >= 15 is 0 Å². The molecular weight excluding hydrogens is 380 g/mol. The van der Waals surface area contributed by atoms with Gasteiger partial charge in [0.1, 0.15) is 11.4 Å². The van der Waals surface area contributed by atoms with Crippen molar-refractivity contribution in [3.63, 3.8) is 0 Å². The molecule has 158 valence electrons. The lowest BCUT2D eigenvalue weighted by Gasteiger charge is -2.21. The number of hydrogen-bond acceptors (Lipinski definition) is 6. The summed E-state index contributed by atoms with van der Waals surface area (Å²) in [5.41, 5.74) is 1.57. The van der Waals surface area contributed by atoms with E-state index < -0.39 is 5.60 Å². The lowest BCUT2D eigenvalue weighted by atomic mass is 10.0. The molecule has 0 unspecified atom stereocenters. The van der Waals surface area contributed by atoms with Gasteiger partial charge in [0.2, 0.25) is 5.95 Å². The average molecular weight is 409 g/mol. The fourth-order valence-corrected chi connectivity index (χ4v) is 4.11. The standard InChI is InChI=1S/C23H28N4O3/c1-14-18-12-19(15-7-6-10-17(28)11-15)21(29)27(16-8-4-5-9-16)20(18)26-22(25-14)24-13-23(2,3)30/h6-7,10-12,16,28,30H,4-5,8-9,13H2,1-3H3,(H,24,25,26).